The number of carbonyl (C=O) groups is 2. The van der Waals surface area contributed by atoms with Gasteiger partial charge in [-0.15, -0.1) is 0 Å². The molecule has 0 aromatic heterocycles. The molecule has 0 aromatic carbocycles. The lowest BCUT2D eigenvalue weighted by Crippen LogP contribution is -2.43. The van der Waals surface area contributed by atoms with Crippen LogP contribution in [0.15, 0.2) is 12.2 Å². The second-order valence-corrected chi connectivity index (χ2v) is 6.11. The van der Waals surface area contributed by atoms with Crippen LogP contribution in [-0.4, -0.2) is 29.7 Å². The lowest BCUT2D eigenvalue weighted by molar-refractivity contribution is -0.137. The van der Waals surface area contributed by atoms with Crippen molar-refractivity contribution in [1.82, 2.24) is 10.6 Å². The van der Waals surface area contributed by atoms with Gasteiger partial charge in [0, 0.05) is 19.0 Å². The molecular weight excluding hydrogens is 268 g/mol. The average molecular weight is 296 g/mol. The molecule has 0 saturated heterocycles. The fraction of sp³-hybridized carbons (Fsp3) is 0.750. The first-order valence-electron chi connectivity index (χ1n) is 7.90. The number of nitrogens with one attached hydrogen (secondary N) is 2. The molecule has 0 saturated carbocycles. The Morgan fingerprint density at radius 3 is 2.62 bits per heavy atom. The van der Waals surface area contributed by atoms with E-state index >= 15 is 0 Å². The van der Waals surface area contributed by atoms with E-state index in [1.54, 1.807) is 0 Å². The summed E-state index contributed by atoms with van der Waals surface area (Å²) in [4.78, 5) is 22.4. The molecule has 0 bridgehead atoms. The predicted molar refractivity (Wildman–Crippen MR) is 83.1 cm³/mol. The summed E-state index contributed by atoms with van der Waals surface area (Å²) in [6.07, 6.45) is 8.87. The Hall–Kier alpha value is -1.52. The largest absolute Gasteiger partial charge is 0.481 e. The van der Waals surface area contributed by atoms with Gasteiger partial charge in [0.2, 0.25) is 0 Å². The van der Waals surface area contributed by atoms with E-state index in [2.05, 4.69) is 36.6 Å². The highest BCUT2D eigenvalue weighted by Gasteiger charge is 2.16. The van der Waals surface area contributed by atoms with Gasteiger partial charge in [-0.05, 0) is 43.9 Å². The Morgan fingerprint density at radius 1 is 1.29 bits per heavy atom. The molecule has 21 heavy (non-hydrogen) atoms. The van der Waals surface area contributed by atoms with Gasteiger partial charge in [-0.25, -0.2) is 4.79 Å². The lowest BCUT2D eigenvalue weighted by atomic mass is 9.88. The molecule has 2 atom stereocenters. The SMILES string of the molecule is CC(C)C(CCNC(=O)NC1CC=CCC1)CCC(=O)O. The Kier molecular flexibility index (Phi) is 7.87. The molecule has 0 radical (unpaired) electrons. The zero-order valence-electron chi connectivity index (χ0n) is 13.1. The number of carboxylic acids is 1. The molecule has 2 amide bonds. The molecule has 0 spiro atoms. The summed E-state index contributed by atoms with van der Waals surface area (Å²) < 4.78 is 0. The maximum absolute atomic E-state index is 11.8. The lowest BCUT2D eigenvalue weighted by Gasteiger charge is -2.22. The van der Waals surface area contributed by atoms with Crippen molar-refractivity contribution in [2.45, 2.75) is 58.4 Å². The van der Waals surface area contributed by atoms with Crippen LogP contribution in [0.2, 0.25) is 0 Å². The Bertz CT molecular complexity index is 367. The molecule has 5 nitrogen and oxygen atoms in total. The van der Waals surface area contributed by atoms with Crippen LogP contribution in [0, 0.1) is 11.8 Å². The molecule has 0 aliphatic heterocycles. The van der Waals surface area contributed by atoms with E-state index in [0.717, 1.165) is 25.7 Å². The summed E-state index contributed by atoms with van der Waals surface area (Å²) >= 11 is 0. The van der Waals surface area contributed by atoms with Crippen LogP contribution in [-0.2, 0) is 4.79 Å². The highest BCUT2D eigenvalue weighted by atomic mass is 16.4. The van der Waals surface area contributed by atoms with Gasteiger partial charge in [0.15, 0.2) is 0 Å². The predicted octanol–water partition coefficient (Wildman–Crippen LogP) is 2.92. The fourth-order valence-electron chi connectivity index (χ4n) is 2.65. The number of urea groups is 1. The zero-order valence-corrected chi connectivity index (χ0v) is 13.1. The number of rotatable bonds is 8. The molecule has 0 heterocycles. The maximum atomic E-state index is 11.8. The minimum absolute atomic E-state index is 0.115. The van der Waals surface area contributed by atoms with E-state index in [9.17, 15) is 9.59 Å². The summed E-state index contributed by atoms with van der Waals surface area (Å²) in [5.41, 5.74) is 0. The maximum Gasteiger partial charge on any atom is 0.315 e. The zero-order chi connectivity index (χ0) is 15.7. The molecule has 2 unspecified atom stereocenters. The van der Waals surface area contributed by atoms with Crippen molar-refractivity contribution >= 4 is 12.0 Å². The molecule has 1 aliphatic carbocycles. The van der Waals surface area contributed by atoms with Crippen LogP contribution in [0.1, 0.15) is 52.4 Å². The molecule has 1 aliphatic rings. The first kappa shape index (κ1) is 17.5. The van der Waals surface area contributed by atoms with E-state index in [4.69, 9.17) is 5.11 Å². The highest BCUT2D eigenvalue weighted by Crippen LogP contribution is 2.20. The number of hydrogen-bond acceptors (Lipinski definition) is 2. The van der Waals surface area contributed by atoms with Gasteiger partial charge in [-0.2, -0.15) is 0 Å². The van der Waals surface area contributed by atoms with Crippen molar-refractivity contribution in [1.29, 1.82) is 0 Å². The number of carboxylic acid groups (broad SMARTS) is 1. The van der Waals surface area contributed by atoms with Crippen LogP contribution < -0.4 is 10.6 Å². The number of amides is 2. The van der Waals surface area contributed by atoms with Crippen molar-refractivity contribution in [2.24, 2.45) is 11.8 Å². The summed E-state index contributed by atoms with van der Waals surface area (Å²) in [5.74, 6) is 0.00779. The van der Waals surface area contributed by atoms with Gasteiger partial charge in [0.25, 0.3) is 0 Å². The van der Waals surface area contributed by atoms with E-state index in [0.29, 0.717) is 24.8 Å². The average Bonchev–Trinajstić information content (AvgIpc) is 2.43. The van der Waals surface area contributed by atoms with E-state index < -0.39 is 5.97 Å². The van der Waals surface area contributed by atoms with Gasteiger partial charge in [-0.1, -0.05) is 26.0 Å². The van der Waals surface area contributed by atoms with E-state index in [1.165, 1.54) is 0 Å². The van der Waals surface area contributed by atoms with Gasteiger partial charge in [0.05, 0.1) is 0 Å². The second kappa shape index (κ2) is 9.42. The van der Waals surface area contributed by atoms with Crippen LogP contribution >= 0.6 is 0 Å². The first-order valence-corrected chi connectivity index (χ1v) is 7.90. The topological polar surface area (TPSA) is 78.4 Å². The Morgan fingerprint density at radius 2 is 2.05 bits per heavy atom. The Balaban J connectivity index is 2.21. The van der Waals surface area contributed by atoms with Crippen molar-refractivity contribution < 1.29 is 14.7 Å². The van der Waals surface area contributed by atoms with E-state index in [-0.39, 0.29) is 18.5 Å². The van der Waals surface area contributed by atoms with Crippen molar-refractivity contribution in [3.63, 3.8) is 0 Å². The van der Waals surface area contributed by atoms with Crippen molar-refractivity contribution in [3.05, 3.63) is 12.2 Å². The van der Waals surface area contributed by atoms with Crippen molar-refractivity contribution in [3.8, 4) is 0 Å². The number of aliphatic carboxylic acids is 1. The number of carbonyl (C=O) groups excluding carboxylic acids is 1. The summed E-state index contributed by atoms with van der Waals surface area (Å²) in [7, 11) is 0. The molecule has 0 fully saturated rings. The summed E-state index contributed by atoms with van der Waals surface area (Å²) in [6.45, 7) is 4.79. The molecular formula is C16H28N2O3. The Labute approximate surface area is 127 Å². The molecule has 0 aromatic rings. The smallest absolute Gasteiger partial charge is 0.315 e. The third-order valence-corrected chi connectivity index (χ3v) is 4.08. The standard InChI is InChI=1S/C16H28N2O3/c1-12(2)13(8-9-15(19)20)10-11-17-16(21)18-14-6-4-3-5-7-14/h3-4,12-14H,5-11H2,1-2H3,(H,19,20)(H2,17,18,21). The third-order valence-electron chi connectivity index (χ3n) is 4.08. The van der Waals surface area contributed by atoms with Crippen molar-refractivity contribution in [2.75, 3.05) is 6.54 Å². The molecule has 120 valence electrons. The van der Waals surface area contributed by atoms with Crippen LogP contribution in [0.25, 0.3) is 0 Å². The third kappa shape index (κ3) is 7.73. The normalized spacial score (nSPS) is 19.3. The number of allylic oxidation sites excluding steroid dienone is 1. The fourth-order valence-corrected chi connectivity index (χ4v) is 2.65. The monoisotopic (exact) mass is 296 g/mol. The summed E-state index contributed by atoms with van der Waals surface area (Å²) in [6, 6.07) is 0.124. The minimum Gasteiger partial charge on any atom is -0.481 e. The summed E-state index contributed by atoms with van der Waals surface area (Å²) in [5, 5.41) is 14.6. The number of hydrogen-bond donors (Lipinski definition) is 3. The quantitative estimate of drug-likeness (QED) is 0.603. The van der Waals surface area contributed by atoms with Gasteiger partial charge >= 0.3 is 12.0 Å². The van der Waals surface area contributed by atoms with E-state index in [1.807, 2.05) is 0 Å². The highest BCUT2D eigenvalue weighted by molar-refractivity contribution is 5.74. The minimum atomic E-state index is -0.753. The van der Waals surface area contributed by atoms with Gasteiger partial charge in [-0.3, -0.25) is 4.79 Å². The molecule has 1 rings (SSSR count). The van der Waals surface area contributed by atoms with Crippen LogP contribution in [0.4, 0.5) is 4.79 Å². The molecule has 5 heteroatoms. The second-order valence-electron chi connectivity index (χ2n) is 6.11. The van der Waals surface area contributed by atoms with Crippen LogP contribution in [0.3, 0.4) is 0 Å². The molecule has 3 N–H and O–H groups in total. The van der Waals surface area contributed by atoms with Gasteiger partial charge < -0.3 is 15.7 Å². The van der Waals surface area contributed by atoms with Crippen LogP contribution in [0.5, 0.6) is 0 Å². The first-order chi connectivity index (χ1) is 9.99. The van der Waals surface area contributed by atoms with Gasteiger partial charge in [0.1, 0.15) is 0 Å².